The quantitative estimate of drug-likeness (QED) is 0.515. The molecule has 1 amide bonds. The fourth-order valence-corrected chi connectivity index (χ4v) is 2.96. The van der Waals surface area contributed by atoms with Crippen molar-refractivity contribution >= 4 is 11.9 Å². The predicted octanol–water partition coefficient (Wildman–Crippen LogP) is 1.31. The Balaban J connectivity index is 1.72. The maximum Gasteiger partial charge on any atom is 0.219 e. The molecule has 1 heterocycles. The average Bonchev–Trinajstić information content (AvgIpc) is 2.68. The number of nitrogens with one attached hydrogen (secondary N) is 2. The maximum absolute atomic E-state index is 13.0. The molecule has 156 valence electrons. The highest BCUT2D eigenvalue weighted by atomic mass is 19.1. The molecule has 1 aromatic rings. The minimum absolute atomic E-state index is 0.124. The highest BCUT2D eigenvalue weighted by Crippen LogP contribution is 2.13. The molecule has 8 heteroatoms. The summed E-state index contributed by atoms with van der Waals surface area (Å²) in [5.74, 6) is 1.25. The van der Waals surface area contributed by atoms with Gasteiger partial charge in [0.25, 0.3) is 0 Å². The van der Waals surface area contributed by atoms with Gasteiger partial charge in [0.15, 0.2) is 5.96 Å². The molecule has 1 atom stereocenters. The smallest absolute Gasteiger partial charge is 0.219 e. The van der Waals surface area contributed by atoms with Crippen molar-refractivity contribution in [2.24, 2.45) is 4.99 Å². The van der Waals surface area contributed by atoms with Crippen molar-refractivity contribution in [1.82, 2.24) is 20.4 Å². The summed E-state index contributed by atoms with van der Waals surface area (Å²) in [7, 11) is 0. The third-order valence-corrected chi connectivity index (χ3v) is 4.54. The van der Waals surface area contributed by atoms with Crippen LogP contribution in [0.3, 0.4) is 0 Å². The van der Waals surface area contributed by atoms with Crippen LogP contribution >= 0.6 is 0 Å². The summed E-state index contributed by atoms with van der Waals surface area (Å²) in [6.07, 6.45) is -0.124. The van der Waals surface area contributed by atoms with Gasteiger partial charge in [0.2, 0.25) is 5.91 Å². The van der Waals surface area contributed by atoms with Gasteiger partial charge < -0.3 is 20.3 Å². The molecule has 28 heavy (non-hydrogen) atoms. The average molecular weight is 394 g/mol. The number of piperazine rings is 1. The molecule has 1 saturated heterocycles. The zero-order chi connectivity index (χ0) is 20.4. The normalized spacial score (nSPS) is 16.6. The fourth-order valence-electron chi connectivity index (χ4n) is 2.96. The number of hydrogen-bond acceptors (Lipinski definition) is 4. The number of amides is 1. The van der Waals surface area contributed by atoms with E-state index in [1.807, 2.05) is 18.7 Å². The molecular weight excluding hydrogens is 361 g/mol. The summed E-state index contributed by atoms with van der Waals surface area (Å²) in [4.78, 5) is 20.2. The summed E-state index contributed by atoms with van der Waals surface area (Å²) < 4.78 is 18.7. The molecule has 7 nitrogen and oxygen atoms in total. The summed E-state index contributed by atoms with van der Waals surface area (Å²) >= 11 is 0. The van der Waals surface area contributed by atoms with Gasteiger partial charge in [-0.1, -0.05) is 0 Å². The van der Waals surface area contributed by atoms with E-state index in [1.54, 1.807) is 19.1 Å². The van der Waals surface area contributed by atoms with Crippen LogP contribution in [0, 0.1) is 5.82 Å². The monoisotopic (exact) mass is 393 g/mol. The molecular formula is C20H32FN5O2. The van der Waals surface area contributed by atoms with Crippen LogP contribution in [-0.4, -0.2) is 80.1 Å². The summed E-state index contributed by atoms with van der Waals surface area (Å²) in [6.45, 7) is 11.9. The first kappa shape index (κ1) is 21.9. The van der Waals surface area contributed by atoms with E-state index in [4.69, 9.17) is 4.74 Å². The van der Waals surface area contributed by atoms with Crippen LogP contribution in [0.2, 0.25) is 0 Å². The second-order valence-corrected chi connectivity index (χ2v) is 6.88. The van der Waals surface area contributed by atoms with Crippen molar-refractivity contribution in [3.63, 3.8) is 0 Å². The van der Waals surface area contributed by atoms with Crippen LogP contribution < -0.4 is 15.4 Å². The lowest BCUT2D eigenvalue weighted by Gasteiger charge is -2.34. The van der Waals surface area contributed by atoms with Crippen molar-refractivity contribution in [1.29, 1.82) is 0 Å². The Bertz CT molecular complexity index is 630. The van der Waals surface area contributed by atoms with Crippen molar-refractivity contribution in [2.75, 3.05) is 52.4 Å². The van der Waals surface area contributed by atoms with Crippen LogP contribution in [0.15, 0.2) is 29.3 Å². The molecule has 0 aliphatic carbocycles. The molecule has 1 unspecified atom stereocenters. The number of nitrogens with zero attached hydrogens (tertiary/aromatic N) is 3. The van der Waals surface area contributed by atoms with E-state index in [0.29, 0.717) is 12.3 Å². The van der Waals surface area contributed by atoms with Gasteiger partial charge in [0, 0.05) is 52.7 Å². The Morgan fingerprint density at radius 1 is 1.21 bits per heavy atom. The third kappa shape index (κ3) is 7.72. The first-order valence-electron chi connectivity index (χ1n) is 9.90. The van der Waals surface area contributed by atoms with Gasteiger partial charge in [0.1, 0.15) is 17.7 Å². The predicted molar refractivity (Wildman–Crippen MR) is 109 cm³/mol. The van der Waals surface area contributed by atoms with Crippen molar-refractivity contribution in [2.45, 2.75) is 26.9 Å². The van der Waals surface area contributed by atoms with Gasteiger partial charge in [-0.25, -0.2) is 9.38 Å². The minimum Gasteiger partial charge on any atom is -0.489 e. The maximum atomic E-state index is 13.0. The van der Waals surface area contributed by atoms with Gasteiger partial charge in [-0.15, -0.1) is 0 Å². The summed E-state index contributed by atoms with van der Waals surface area (Å²) in [5.41, 5.74) is 0. The molecule has 0 bridgehead atoms. The number of aliphatic imine (C=N–C) groups is 1. The summed E-state index contributed by atoms with van der Waals surface area (Å²) in [5, 5.41) is 6.57. The van der Waals surface area contributed by atoms with Crippen molar-refractivity contribution < 1.29 is 13.9 Å². The molecule has 0 radical (unpaired) electrons. The number of ether oxygens (including phenoxy) is 1. The number of halogens is 1. The Kier molecular flexibility index (Phi) is 9.00. The summed E-state index contributed by atoms with van der Waals surface area (Å²) in [6, 6.07) is 6.00. The van der Waals surface area contributed by atoms with E-state index in [1.165, 1.54) is 12.1 Å². The number of carbonyl (C=O) groups is 1. The molecule has 0 saturated carbocycles. The van der Waals surface area contributed by atoms with Crippen LogP contribution in [0.4, 0.5) is 4.39 Å². The Morgan fingerprint density at radius 2 is 1.89 bits per heavy atom. The van der Waals surface area contributed by atoms with Crippen LogP contribution in [0.25, 0.3) is 0 Å². The van der Waals surface area contributed by atoms with E-state index in [9.17, 15) is 9.18 Å². The molecule has 2 N–H and O–H groups in total. The van der Waals surface area contributed by atoms with Gasteiger partial charge in [-0.2, -0.15) is 0 Å². The van der Waals surface area contributed by atoms with Gasteiger partial charge in [0.05, 0.1) is 6.54 Å². The first-order valence-corrected chi connectivity index (χ1v) is 9.90. The second kappa shape index (κ2) is 11.5. The van der Waals surface area contributed by atoms with Gasteiger partial charge >= 0.3 is 0 Å². The SMILES string of the molecule is CCNC(=NCC(C)Oc1ccc(F)cc1)NCCN1CCN(C(C)=O)CC1. The van der Waals surface area contributed by atoms with Gasteiger partial charge in [-0.05, 0) is 38.1 Å². The zero-order valence-corrected chi connectivity index (χ0v) is 17.1. The molecule has 0 aromatic heterocycles. The second-order valence-electron chi connectivity index (χ2n) is 6.88. The van der Waals surface area contributed by atoms with Gasteiger partial charge in [-0.3, -0.25) is 9.69 Å². The lowest BCUT2D eigenvalue weighted by molar-refractivity contribution is -0.130. The van der Waals surface area contributed by atoms with Crippen molar-refractivity contribution in [3.05, 3.63) is 30.1 Å². The number of rotatable bonds is 8. The van der Waals surface area contributed by atoms with E-state index in [0.717, 1.165) is 51.8 Å². The van der Waals surface area contributed by atoms with E-state index < -0.39 is 0 Å². The van der Waals surface area contributed by atoms with E-state index >= 15 is 0 Å². The van der Waals surface area contributed by atoms with Crippen LogP contribution in [0.5, 0.6) is 5.75 Å². The molecule has 2 rings (SSSR count). The number of guanidine groups is 1. The fraction of sp³-hybridized carbons (Fsp3) is 0.600. The highest BCUT2D eigenvalue weighted by Gasteiger charge is 2.17. The zero-order valence-electron chi connectivity index (χ0n) is 17.1. The van der Waals surface area contributed by atoms with Crippen LogP contribution in [-0.2, 0) is 4.79 Å². The molecule has 1 fully saturated rings. The minimum atomic E-state index is -0.278. The van der Waals surface area contributed by atoms with Crippen LogP contribution in [0.1, 0.15) is 20.8 Å². The lowest BCUT2D eigenvalue weighted by atomic mass is 10.3. The van der Waals surface area contributed by atoms with E-state index in [-0.39, 0.29) is 17.8 Å². The van der Waals surface area contributed by atoms with Crippen molar-refractivity contribution in [3.8, 4) is 5.75 Å². The first-order chi connectivity index (χ1) is 13.5. The highest BCUT2D eigenvalue weighted by molar-refractivity contribution is 5.79. The number of benzene rings is 1. The van der Waals surface area contributed by atoms with E-state index in [2.05, 4.69) is 20.5 Å². The largest absolute Gasteiger partial charge is 0.489 e. The Hall–Kier alpha value is -2.35. The Labute approximate surface area is 166 Å². The number of carbonyl (C=O) groups excluding carboxylic acids is 1. The third-order valence-electron chi connectivity index (χ3n) is 4.54. The lowest BCUT2D eigenvalue weighted by Crippen LogP contribution is -2.50. The number of hydrogen-bond donors (Lipinski definition) is 2. The molecule has 1 aliphatic rings. The Morgan fingerprint density at radius 3 is 2.50 bits per heavy atom. The molecule has 1 aliphatic heterocycles. The standard InChI is InChI=1S/C20H32FN5O2/c1-4-22-20(23-9-10-25-11-13-26(14-12-25)17(3)27)24-15-16(2)28-19-7-5-18(21)6-8-19/h5-8,16H,4,9-15H2,1-3H3,(H2,22,23,24). The topological polar surface area (TPSA) is 69.2 Å². The molecule has 1 aromatic carbocycles. The molecule has 0 spiro atoms.